The van der Waals surface area contributed by atoms with Gasteiger partial charge in [0.25, 0.3) is 0 Å². The van der Waals surface area contributed by atoms with Crippen molar-refractivity contribution < 1.29 is 8.83 Å². The number of benzene rings is 8. The number of aromatic nitrogens is 3. The van der Waals surface area contributed by atoms with E-state index >= 15 is 0 Å². The van der Waals surface area contributed by atoms with Gasteiger partial charge in [0.05, 0.1) is 0 Å². The molecule has 0 saturated heterocycles. The van der Waals surface area contributed by atoms with Gasteiger partial charge < -0.3 is 8.83 Å². The lowest BCUT2D eigenvalue weighted by Crippen LogP contribution is -2.01. The Labute approximate surface area is 309 Å². The van der Waals surface area contributed by atoms with Crippen molar-refractivity contribution >= 4 is 54.6 Å². The zero-order chi connectivity index (χ0) is 35.6. The third-order valence-electron chi connectivity index (χ3n) is 10.4. The van der Waals surface area contributed by atoms with Crippen LogP contribution in [-0.4, -0.2) is 15.0 Å². The molecule has 0 aliphatic heterocycles. The van der Waals surface area contributed by atoms with E-state index in [4.69, 9.17) is 23.8 Å². The smallest absolute Gasteiger partial charge is 0.164 e. The van der Waals surface area contributed by atoms with E-state index < -0.39 is 0 Å². The Morgan fingerprint density at radius 2 is 0.815 bits per heavy atom. The second kappa shape index (κ2) is 12.1. The van der Waals surface area contributed by atoms with Gasteiger partial charge >= 0.3 is 0 Å². The van der Waals surface area contributed by atoms with Crippen LogP contribution in [0.3, 0.4) is 0 Å². The Kier molecular flexibility index (Phi) is 6.79. The van der Waals surface area contributed by atoms with Crippen LogP contribution in [0.5, 0.6) is 0 Å². The molecule has 0 N–H and O–H groups in total. The quantitative estimate of drug-likeness (QED) is 0.180. The highest BCUT2D eigenvalue weighted by Crippen LogP contribution is 2.44. The first-order valence-corrected chi connectivity index (χ1v) is 18.0. The van der Waals surface area contributed by atoms with Crippen LogP contribution < -0.4 is 0 Å². The van der Waals surface area contributed by atoms with Crippen molar-refractivity contribution in [2.24, 2.45) is 0 Å². The van der Waals surface area contributed by atoms with Gasteiger partial charge in [0.1, 0.15) is 22.3 Å². The lowest BCUT2D eigenvalue weighted by atomic mass is 9.93. The summed E-state index contributed by atoms with van der Waals surface area (Å²) in [5.74, 6) is 1.71. The number of furan rings is 2. The minimum absolute atomic E-state index is 0.563. The SMILES string of the molecule is c1ccc(-c2ccc(-c3nc(-c4cccc5oc6ccccc6c45)nc(-c4cc5c(-c6ccccc6)cccc5c5oc6ccccc6c45)n3)cc2)cc1. The molecular formula is C49H29N3O2. The first-order valence-electron chi connectivity index (χ1n) is 18.0. The minimum atomic E-state index is 0.563. The van der Waals surface area contributed by atoms with E-state index in [1.807, 2.05) is 54.6 Å². The van der Waals surface area contributed by atoms with E-state index in [2.05, 4.69) is 121 Å². The number of nitrogens with zero attached hydrogens (tertiary/aromatic N) is 3. The highest BCUT2D eigenvalue weighted by atomic mass is 16.3. The average molecular weight is 692 g/mol. The van der Waals surface area contributed by atoms with Crippen molar-refractivity contribution in [2.75, 3.05) is 0 Å². The predicted molar refractivity (Wildman–Crippen MR) is 219 cm³/mol. The van der Waals surface area contributed by atoms with Crippen LogP contribution in [0.1, 0.15) is 0 Å². The Balaban J connectivity index is 1.22. The summed E-state index contributed by atoms with van der Waals surface area (Å²) in [7, 11) is 0. The van der Waals surface area contributed by atoms with Crippen LogP contribution in [0.2, 0.25) is 0 Å². The highest BCUT2D eigenvalue weighted by molar-refractivity contribution is 6.22. The van der Waals surface area contributed by atoms with Gasteiger partial charge in [-0.15, -0.1) is 0 Å². The molecule has 252 valence electrons. The summed E-state index contributed by atoms with van der Waals surface area (Å²) in [4.78, 5) is 15.8. The third-order valence-corrected chi connectivity index (χ3v) is 10.4. The maximum Gasteiger partial charge on any atom is 0.164 e. The summed E-state index contributed by atoms with van der Waals surface area (Å²) in [5, 5.41) is 6.06. The molecule has 5 heteroatoms. The van der Waals surface area contributed by atoms with E-state index in [9.17, 15) is 0 Å². The van der Waals surface area contributed by atoms with E-state index in [1.165, 1.54) is 0 Å². The number of hydrogen-bond donors (Lipinski definition) is 0. The fourth-order valence-electron chi connectivity index (χ4n) is 7.83. The molecular weight excluding hydrogens is 663 g/mol. The molecule has 3 heterocycles. The monoisotopic (exact) mass is 691 g/mol. The van der Waals surface area contributed by atoms with Gasteiger partial charge in [0.15, 0.2) is 17.5 Å². The summed E-state index contributed by atoms with van der Waals surface area (Å²) in [6.45, 7) is 0. The number of hydrogen-bond acceptors (Lipinski definition) is 5. The summed E-state index contributed by atoms with van der Waals surface area (Å²) < 4.78 is 13.0. The molecule has 0 bridgehead atoms. The second-order valence-electron chi connectivity index (χ2n) is 13.5. The molecule has 0 aliphatic carbocycles. The van der Waals surface area contributed by atoms with Gasteiger partial charge in [-0.1, -0.05) is 152 Å². The zero-order valence-corrected chi connectivity index (χ0v) is 28.9. The first-order chi connectivity index (χ1) is 26.8. The lowest BCUT2D eigenvalue weighted by molar-refractivity contribution is 0.669. The molecule has 8 aromatic carbocycles. The van der Waals surface area contributed by atoms with Crippen molar-refractivity contribution in [1.29, 1.82) is 0 Å². The number of rotatable bonds is 5. The van der Waals surface area contributed by atoms with Crippen LogP contribution in [-0.2, 0) is 0 Å². The van der Waals surface area contributed by atoms with Crippen molar-refractivity contribution in [1.82, 2.24) is 15.0 Å². The highest BCUT2D eigenvalue weighted by Gasteiger charge is 2.23. The molecule has 11 rings (SSSR count). The van der Waals surface area contributed by atoms with Gasteiger partial charge in [0.2, 0.25) is 0 Å². The van der Waals surface area contributed by atoms with Gasteiger partial charge in [-0.3, -0.25) is 0 Å². The van der Waals surface area contributed by atoms with Gasteiger partial charge in [-0.05, 0) is 51.9 Å². The van der Waals surface area contributed by atoms with Crippen LogP contribution in [0.4, 0.5) is 0 Å². The van der Waals surface area contributed by atoms with Crippen molar-refractivity contribution in [2.45, 2.75) is 0 Å². The summed E-state index contributed by atoms with van der Waals surface area (Å²) in [6, 6.07) is 60.3. The average Bonchev–Trinajstić information content (AvgIpc) is 3.83. The molecule has 0 aliphatic rings. The molecule has 11 aromatic rings. The number of fused-ring (bicyclic) bond motifs is 8. The number of para-hydroxylation sites is 2. The van der Waals surface area contributed by atoms with Gasteiger partial charge in [-0.25, -0.2) is 15.0 Å². The van der Waals surface area contributed by atoms with Crippen molar-refractivity contribution in [3.05, 3.63) is 176 Å². The fraction of sp³-hybridized carbons (Fsp3) is 0. The Morgan fingerprint density at radius 1 is 0.296 bits per heavy atom. The fourth-order valence-corrected chi connectivity index (χ4v) is 7.83. The predicted octanol–water partition coefficient (Wildman–Crippen LogP) is 13.2. The van der Waals surface area contributed by atoms with Crippen LogP contribution >= 0.6 is 0 Å². The molecule has 0 saturated carbocycles. The second-order valence-corrected chi connectivity index (χ2v) is 13.5. The summed E-state index contributed by atoms with van der Waals surface area (Å²) >= 11 is 0. The first kappa shape index (κ1) is 30.3. The molecule has 0 unspecified atom stereocenters. The molecule has 0 spiro atoms. The van der Waals surface area contributed by atoms with E-state index in [1.54, 1.807) is 0 Å². The summed E-state index contributed by atoms with van der Waals surface area (Å²) in [6.07, 6.45) is 0. The Morgan fingerprint density at radius 3 is 1.57 bits per heavy atom. The van der Waals surface area contributed by atoms with E-state index in [-0.39, 0.29) is 0 Å². The molecule has 0 radical (unpaired) electrons. The normalized spacial score (nSPS) is 11.7. The van der Waals surface area contributed by atoms with E-state index in [0.29, 0.717) is 17.5 Å². The van der Waals surface area contributed by atoms with Crippen molar-refractivity contribution in [3.8, 4) is 56.4 Å². The standard InChI is InChI=1S/C49H29N3O2/c1-3-13-30(14-4-1)31-25-27-33(28-26-31)47-50-48(38-21-12-24-43-44(38)36-17-7-9-22-41(36)53-43)52-49(51-47)40-29-39-34(32-15-5-2-6-16-32)19-11-20-35(39)46-45(40)37-18-8-10-23-42(37)54-46/h1-29H. The molecule has 0 amide bonds. The molecule has 54 heavy (non-hydrogen) atoms. The van der Waals surface area contributed by atoms with Gasteiger partial charge in [-0.2, -0.15) is 0 Å². The Hall–Kier alpha value is -7.37. The van der Waals surface area contributed by atoms with E-state index in [0.717, 1.165) is 93.6 Å². The van der Waals surface area contributed by atoms with Crippen molar-refractivity contribution in [3.63, 3.8) is 0 Å². The molecule has 0 atom stereocenters. The van der Waals surface area contributed by atoms with Crippen LogP contribution in [0.25, 0.3) is 111 Å². The molecule has 3 aromatic heterocycles. The summed E-state index contributed by atoms with van der Waals surface area (Å²) in [5.41, 5.74) is 10.4. The molecule has 0 fully saturated rings. The maximum atomic E-state index is 6.72. The Bertz CT molecular complexity index is 3200. The topological polar surface area (TPSA) is 65.0 Å². The van der Waals surface area contributed by atoms with Crippen LogP contribution in [0.15, 0.2) is 185 Å². The van der Waals surface area contributed by atoms with Crippen LogP contribution in [0, 0.1) is 0 Å². The largest absolute Gasteiger partial charge is 0.456 e. The van der Waals surface area contributed by atoms with Gasteiger partial charge in [0, 0.05) is 43.6 Å². The molecule has 5 nitrogen and oxygen atoms in total. The lowest BCUT2D eigenvalue weighted by Gasteiger charge is -2.13. The zero-order valence-electron chi connectivity index (χ0n) is 28.9. The minimum Gasteiger partial charge on any atom is -0.456 e. The third kappa shape index (κ3) is 4.83. The maximum absolute atomic E-state index is 6.72.